The molecule has 0 unspecified atom stereocenters. The number of hydrogen-bond donors (Lipinski definition) is 1. The average molecular weight is 224 g/mol. The third-order valence-electron chi connectivity index (χ3n) is 1.99. The van der Waals surface area contributed by atoms with E-state index in [1.807, 2.05) is 0 Å². The summed E-state index contributed by atoms with van der Waals surface area (Å²) in [6.07, 6.45) is 0. The van der Waals surface area contributed by atoms with Crippen molar-refractivity contribution < 1.29 is 19.0 Å². The third-order valence-corrected chi connectivity index (χ3v) is 1.99. The summed E-state index contributed by atoms with van der Waals surface area (Å²) in [4.78, 5) is 10.8. The summed E-state index contributed by atoms with van der Waals surface area (Å²) in [6.45, 7) is 6.10. The van der Waals surface area contributed by atoms with Gasteiger partial charge in [-0.2, -0.15) is 4.39 Å². The van der Waals surface area contributed by atoms with Gasteiger partial charge in [0.05, 0.1) is 5.60 Å². The van der Waals surface area contributed by atoms with Crippen molar-refractivity contribution >= 4 is 5.97 Å². The maximum atomic E-state index is 12.3. The molecule has 0 amide bonds. The highest BCUT2D eigenvalue weighted by molar-refractivity contribution is 5.87. The zero-order chi connectivity index (χ0) is 12.3. The van der Waals surface area contributed by atoms with E-state index in [-0.39, 0.29) is 5.75 Å². The van der Waals surface area contributed by atoms with Gasteiger partial charge in [-0.1, -0.05) is 18.7 Å². The molecule has 0 saturated heterocycles. The van der Waals surface area contributed by atoms with E-state index in [1.165, 1.54) is 12.1 Å². The van der Waals surface area contributed by atoms with E-state index in [2.05, 4.69) is 11.3 Å². The maximum absolute atomic E-state index is 12.3. The van der Waals surface area contributed by atoms with Gasteiger partial charge in [0.25, 0.3) is 0 Å². The molecule has 1 aromatic carbocycles. The molecular formula is C12H13FO3. The van der Waals surface area contributed by atoms with E-state index in [0.717, 1.165) is 0 Å². The molecule has 0 saturated carbocycles. The first-order valence-corrected chi connectivity index (χ1v) is 4.70. The molecule has 0 aromatic heterocycles. The molecule has 4 heteroatoms. The third kappa shape index (κ3) is 3.17. The summed E-state index contributed by atoms with van der Waals surface area (Å²) >= 11 is 0. The van der Waals surface area contributed by atoms with Gasteiger partial charge in [0, 0.05) is 0 Å². The van der Waals surface area contributed by atoms with Gasteiger partial charge >= 0.3 is 5.97 Å². The van der Waals surface area contributed by atoms with Crippen LogP contribution in [0.1, 0.15) is 19.4 Å². The van der Waals surface area contributed by atoms with Crippen LogP contribution in [0.5, 0.6) is 5.75 Å². The molecule has 16 heavy (non-hydrogen) atoms. The Hall–Kier alpha value is -1.68. The minimum absolute atomic E-state index is 0.205. The predicted octanol–water partition coefficient (Wildman–Crippen LogP) is 2.30. The second kappa shape index (κ2) is 4.45. The summed E-state index contributed by atoms with van der Waals surface area (Å²) in [6, 6.07) is 6.16. The van der Waals surface area contributed by atoms with Gasteiger partial charge in [0.1, 0.15) is 5.75 Å². The van der Waals surface area contributed by atoms with Gasteiger partial charge in [-0.25, -0.2) is 4.79 Å². The number of rotatable bonds is 3. The minimum Gasteiger partial charge on any atom is -0.421 e. The van der Waals surface area contributed by atoms with Crippen LogP contribution in [0.4, 0.5) is 4.39 Å². The lowest BCUT2D eigenvalue weighted by Crippen LogP contribution is -2.15. The van der Waals surface area contributed by atoms with Crippen molar-refractivity contribution in [1.29, 1.82) is 0 Å². The molecule has 0 aliphatic carbocycles. The number of ether oxygens (including phenoxy) is 1. The fraction of sp³-hybridized carbons (Fsp3) is 0.250. The first-order valence-electron chi connectivity index (χ1n) is 4.70. The molecule has 1 rings (SSSR count). The summed E-state index contributed by atoms with van der Waals surface area (Å²) in [5.74, 6) is -2.06. The van der Waals surface area contributed by atoms with Crippen molar-refractivity contribution in [2.24, 2.45) is 0 Å². The van der Waals surface area contributed by atoms with Crippen molar-refractivity contribution in [1.82, 2.24) is 0 Å². The Morgan fingerprint density at radius 1 is 1.38 bits per heavy atom. The summed E-state index contributed by atoms with van der Waals surface area (Å²) in [5.41, 5.74) is -0.293. The van der Waals surface area contributed by atoms with Gasteiger partial charge < -0.3 is 9.84 Å². The Kier molecular flexibility index (Phi) is 3.44. The van der Waals surface area contributed by atoms with Gasteiger partial charge in [-0.15, -0.1) is 0 Å². The van der Waals surface area contributed by atoms with Gasteiger partial charge in [-0.3, -0.25) is 0 Å². The van der Waals surface area contributed by atoms with Gasteiger partial charge in [0.2, 0.25) is 5.83 Å². The van der Waals surface area contributed by atoms with E-state index in [4.69, 9.17) is 0 Å². The van der Waals surface area contributed by atoms with E-state index in [0.29, 0.717) is 5.56 Å². The fourth-order valence-electron chi connectivity index (χ4n) is 1.09. The minimum atomic E-state index is -1.15. The number of benzene rings is 1. The lowest BCUT2D eigenvalue weighted by atomic mass is 9.99. The van der Waals surface area contributed by atoms with Gasteiger partial charge in [-0.05, 0) is 31.5 Å². The van der Waals surface area contributed by atoms with Crippen LogP contribution in [0.15, 0.2) is 36.7 Å². The molecule has 0 heterocycles. The second-order valence-corrected chi connectivity index (χ2v) is 3.88. The SMILES string of the molecule is C=C(F)C(=O)Oc1ccc(C(C)(C)O)cc1. The van der Waals surface area contributed by atoms with Crippen LogP contribution < -0.4 is 4.74 Å². The highest BCUT2D eigenvalue weighted by Gasteiger charge is 2.16. The summed E-state index contributed by atoms with van der Waals surface area (Å²) in [7, 11) is 0. The van der Waals surface area contributed by atoms with Crippen molar-refractivity contribution in [3.63, 3.8) is 0 Å². The van der Waals surface area contributed by atoms with Crippen LogP contribution in [0, 0.1) is 0 Å². The number of carbonyl (C=O) groups is 1. The van der Waals surface area contributed by atoms with Gasteiger partial charge in [0.15, 0.2) is 0 Å². The molecule has 0 atom stereocenters. The number of aliphatic hydroxyl groups is 1. The molecule has 0 aliphatic heterocycles. The molecule has 86 valence electrons. The second-order valence-electron chi connectivity index (χ2n) is 3.88. The first kappa shape index (κ1) is 12.4. The normalized spacial score (nSPS) is 11.0. The number of hydrogen-bond acceptors (Lipinski definition) is 3. The lowest BCUT2D eigenvalue weighted by Gasteiger charge is -2.17. The molecule has 1 N–H and O–H groups in total. The van der Waals surface area contributed by atoms with Crippen LogP contribution in [0.2, 0.25) is 0 Å². The summed E-state index contributed by atoms with van der Waals surface area (Å²) in [5, 5.41) is 9.67. The van der Waals surface area contributed by atoms with Crippen LogP contribution in [-0.4, -0.2) is 11.1 Å². The van der Waals surface area contributed by atoms with Crippen molar-refractivity contribution in [3.05, 3.63) is 42.2 Å². The molecule has 0 spiro atoms. The number of carbonyl (C=O) groups excluding carboxylic acids is 1. The van der Waals surface area contributed by atoms with Crippen LogP contribution in [0.3, 0.4) is 0 Å². The molecule has 0 radical (unpaired) electrons. The zero-order valence-electron chi connectivity index (χ0n) is 9.16. The van der Waals surface area contributed by atoms with Crippen molar-refractivity contribution in [3.8, 4) is 5.75 Å². The number of esters is 1. The topological polar surface area (TPSA) is 46.5 Å². The Morgan fingerprint density at radius 2 is 1.88 bits per heavy atom. The Bertz CT molecular complexity index is 401. The first-order chi connectivity index (χ1) is 7.30. The molecule has 3 nitrogen and oxygen atoms in total. The summed E-state index contributed by atoms with van der Waals surface area (Å²) < 4.78 is 17.0. The predicted molar refractivity (Wildman–Crippen MR) is 57.6 cm³/mol. The molecular weight excluding hydrogens is 211 g/mol. The number of halogens is 1. The van der Waals surface area contributed by atoms with E-state index >= 15 is 0 Å². The fourth-order valence-corrected chi connectivity index (χ4v) is 1.09. The molecule has 1 aromatic rings. The van der Waals surface area contributed by atoms with Crippen molar-refractivity contribution in [2.75, 3.05) is 0 Å². The Balaban J connectivity index is 2.80. The van der Waals surface area contributed by atoms with E-state index in [9.17, 15) is 14.3 Å². The standard InChI is InChI=1S/C12H13FO3/c1-8(13)11(14)16-10-6-4-9(5-7-10)12(2,3)15/h4-7,15H,1H2,2-3H3. The highest BCUT2D eigenvalue weighted by atomic mass is 19.1. The van der Waals surface area contributed by atoms with Crippen LogP contribution >= 0.6 is 0 Å². The largest absolute Gasteiger partial charge is 0.421 e. The molecule has 0 aliphatic rings. The zero-order valence-corrected chi connectivity index (χ0v) is 9.16. The van der Waals surface area contributed by atoms with E-state index < -0.39 is 17.4 Å². The quantitative estimate of drug-likeness (QED) is 0.487. The Morgan fingerprint density at radius 3 is 2.25 bits per heavy atom. The highest BCUT2D eigenvalue weighted by Crippen LogP contribution is 2.22. The van der Waals surface area contributed by atoms with Crippen LogP contribution in [0.25, 0.3) is 0 Å². The molecule has 0 fully saturated rings. The van der Waals surface area contributed by atoms with Crippen molar-refractivity contribution in [2.45, 2.75) is 19.4 Å². The Labute approximate surface area is 93.2 Å². The van der Waals surface area contributed by atoms with E-state index in [1.54, 1.807) is 26.0 Å². The maximum Gasteiger partial charge on any atom is 0.371 e. The lowest BCUT2D eigenvalue weighted by molar-refractivity contribution is -0.131. The average Bonchev–Trinajstić information content (AvgIpc) is 2.17. The smallest absolute Gasteiger partial charge is 0.371 e. The monoisotopic (exact) mass is 224 g/mol. The molecule has 0 bridgehead atoms. The van der Waals surface area contributed by atoms with Crippen LogP contribution in [-0.2, 0) is 10.4 Å².